The summed E-state index contributed by atoms with van der Waals surface area (Å²) in [6.45, 7) is 6.11. The lowest BCUT2D eigenvalue weighted by atomic mass is 10.0. The highest BCUT2D eigenvalue weighted by Gasteiger charge is 2.16. The summed E-state index contributed by atoms with van der Waals surface area (Å²) < 4.78 is 10.4. The predicted molar refractivity (Wildman–Crippen MR) is 175 cm³/mol. The zero-order valence-electron chi connectivity index (χ0n) is 27.3. The molecule has 7 heteroatoms. The van der Waals surface area contributed by atoms with E-state index in [1.54, 1.807) is 36.5 Å². The summed E-state index contributed by atoms with van der Waals surface area (Å²) >= 11 is 0. The van der Waals surface area contributed by atoms with Gasteiger partial charge in [-0.3, -0.25) is 9.59 Å². The molecule has 0 aromatic rings. The van der Waals surface area contributed by atoms with E-state index in [2.05, 4.69) is 26.8 Å². The maximum atomic E-state index is 12.1. The Hall–Kier alpha value is -2.22. The van der Waals surface area contributed by atoms with Gasteiger partial charge in [-0.15, -0.1) is 0 Å². The molecule has 0 fully saturated rings. The van der Waals surface area contributed by atoms with Gasteiger partial charge in [-0.2, -0.15) is 0 Å². The van der Waals surface area contributed by atoms with Gasteiger partial charge >= 0.3 is 11.9 Å². The fraction of sp³-hybridized carbons (Fsp3) is 0.722. The number of hydrogen-bond donors (Lipinski definition) is 3. The van der Waals surface area contributed by atoms with Crippen molar-refractivity contribution in [1.82, 2.24) is 0 Å². The predicted octanol–water partition coefficient (Wildman–Crippen LogP) is 7.69. The second kappa shape index (κ2) is 29.8. The molecule has 0 aliphatic rings. The zero-order valence-corrected chi connectivity index (χ0v) is 27.3. The summed E-state index contributed by atoms with van der Waals surface area (Å²) in [5.41, 5.74) is 0. The van der Waals surface area contributed by atoms with E-state index in [4.69, 9.17) is 9.47 Å². The lowest BCUT2D eigenvalue weighted by Crippen LogP contribution is -2.28. The molecule has 0 aromatic heterocycles. The number of allylic oxidation sites excluding steroid dienone is 5. The van der Waals surface area contributed by atoms with Crippen LogP contribution in [0.15, 0.2) is 48.6 Å². The summed E-state index contributed by atoms with van der Waals surface area (Å²) in [7, 11) is 0. The molecule has 0 spiro atoms. The van der Waals surface area contributed by atoms with Gasteiger partial charge in [-0.1, -0.05) is 127 Å². The van der Waals surface area contributed by atoms with Crippen molar-refractivity contribution < 1.29 is 34.4 Å². The monoisotopic (exact) mass is 606 g/mol. The molecule has 0 heterocycles. The van der Waals surface area contributed by atoms with Gasteiger partial charge in [-0.05, 0) is 44.4 Å². The minimum absolute atomic E-state index is 0.0936. The highest BCUT2D eigenvalue weighted by Crippen LogP contribution is 2.13. The number of esters is 2. The number of carbonyl (C=O) groups is 2. The van der Waals surface area contributed by atoms with Crippen molar-refractivity contribution in [2.24, 2.45) is 5.92 Å². The van der Waals surface area contributed by atoms with Gasteiger partial charge in [0.1, 0.15) is 6.61 Å². The van der Waals surface area contributed by atoms with Crippen LogP contribution in [0.25, 0.3) is 0 Å². The van der Waals surface area contributed by atoms with Crippen molar-refractivity contribution in [1.29, 1.82) is 0 Å². The molecule has 3 N–H and O–H groups in total. The van der Waals surface area contributed by atoms with Crippen molar-refractivity contribution in [2.45, 2.75) is 148 Å². The molecular formula is C36H62O7. The van der Waals surface area contributed by atoms with E-state index in [9.17, 15) is 24.9 Å². The Bertz CT molecular complexity index is 784. The smallest absolute Gasteiger partial charge is 0.306 e. The highest BCUT2D eigenvalue weighted by molar-refractivity contribution is 5.70. The molecule has 0 unspecified atom stereocenters. The third kappa shape index (κ3) is 29.6. The first kappa shape index (κ1) is 40.8. The Balaban J connectivity index is 3.95. The molecule has 0 bridgehead atoms. The molecule has 7 nitrogen and oxygen atoms in total. The number of ether oxygens (including phenoxy) is 2. The maximum absolute atomic E-state index is 12.1. The number of carbonyl (C=O) groups excluding carboxylic acids is 2. The average Bonchev–Trinajstić information content (AvgIpc) is 2.97. The molecule has 0 saturated heterocycles. The van der Waals surface area contributed by atoms with Crippen LogP contribution in [0.1, 0.15) is 130 Å². The third-order valence-electron chi connectivity index (χ3n) is 6.99. The number of rotatable bonds is 28. The Morgan fingerprint density at radius 3 is 1.98 bits per heavy atom. The van der Waals surface area contributed by atoms with Crippen LogP contribution in [0, 0.1) is 5.92 Å². The molecule has 0 radical (unpaired) electrons. The van der Waals surface area contributed by atoms with Crippen molar-refractivity contribution in [2.75, 3.05) is 13.2 Å². The molecule has 0 aliphatic heterocycles. The molecule has 248 valence electrons. The molecular weight excluding hydrogens is 544 g/mol. The minimum Gasteiger partial charge on any atom is -0.462 e. The van der Waals surface area contributed by atoms with Gasteiger partial charge in [0.2, 0.25) is 0 Å². The average molecular weight is 607 g/mol. The van der Waals surface area contributed by atoms with Gasteiger partial charge < -0.3 is 24.8 Å². The first-order valence-corrected chi connectivity index (χ1v) is 16.8. The Morgan fingerprint density at radius 1 is 0.698 bits per heavy atom. The lowest BCUT2D eigenvalue weighted by molar-refractivity contribution is -0.161. The van der Waals surface area contributed by atoms with E-state index in [0.29, 0.717) is 25.7 Å². The fourth-order valence-corrected chi connectivity index (χ4v) is 4.34. The quantitative estimate of drug-likeness (QED) is 0.0362. The molecule has 0 aliphatic carbocycles. The largest absolute Gasteiger partial charge is 0.462 e. The van der Waals surface area contributed by atoms with E-state index in [0.717, 1.165) is 31.6 Å². The number of aliphatic hydroxyl groups is 3. The highest BCUT2D eigenvalue weighted by atomic mass is 16.6. The summed E-state index contributed by atoms with van der Waals surface area (Å²) in [6.07, 6.45) is 28.1. The van der Waals surface area contributed by atoms with E-state index in [1.165, 1.54) is 51.4 Å². The van der Waals surface area contributed by atoms with E-state index in [1.807, 2.05) is 6.08 Å². The Kier molecular flexibility index (Phi) is 28.3. The SMILES string of the molecule is CCCCC/C=C\C[C@H](O)/C=C/C=C/C=C\[C@H](O)CCCC(=O)O[C@@H](CO)COC(=O)CCCCCCCCCC(C)C. The first-order chi connectivity index (χ1) is 20.8. The van der Waals surface area contributed by atoms with Gasteiger partial charge in [-0.25, -0.2) is 0 Å². The Morgan fingerprint density at radius 2 is 1.33 bits per heavy atom. The second-order valence-corrected chi connectivity index (χ2v) is 11.8. The van der Waals surface area contributed by atoms with Crippen LogP contribution in [0.4, 0.5) is 0 Å². The number of unbranched alkanes of at least 4 members (excludes halogenated alkanes) is 9. The summed E-state index contributed by atoms with van der Waals surface area (Å²) in [4.78, 5) is 24.1. The van der Waals surface area contributed by atoms with Crippen LogP contribution < -0.4 is 0 Å². The van der Waals surface area contributed by atoms with E-state index >= 15 is 0 Å². The molecule has 0 amide bonds. The standard InChI is InChI=1S/C36H62O7/c1-4-5-6-7-12-17-23-32(38)24-18-14-15-19-25-33(39)26-21-28-36(41)43-34(29-37)30-42-35(40)27-20-13-10-8-9-11-16-22-31(2)3/h12,14-15,17-19,24-25,31-34,37-39H,4-11,13,16,20-23,26-30H2,1-3H3/b15-14+,17-12-,24-18+,25-19-/t32-,33-,34-/m0/s1. The van der Waals surface area contributed by atoms with Gasteiger partial charge in [0, 0.05) is 12.8 Å². The van der Waals surface area contributed by atoms with Crippen LogP contribution in [-0.2, 0) is 19.1 Å². The van der Waals surface area contributed by atoms with Crippen molar-refractivity contribution in [3.8, 4) is 0 Å². The van der Waals surface area contributed by atoms with Gasteiger partial charge in [0.25, 0.3) is 0 Å². The summed E-state index contributed by atoms with van der Waals surface area (Å²) in [5, 5.41) is 29.5. The number of hydrogen-bond acceptors (Lipinski definition) is 7. The second-order valence-electron chi connectivity index (χ2n) is 11.8. The Labute approximate surface area is 262 Å². The van der Waals surface area contributed by atoms with Crippen LogP contribution in [0.2, 0.25) is 0 Å². The molecule has 0 saturated carbocycles. The summed E-state index contributed by atoms with van der Waals surface area (Å²) in [6, 6.07) is 0. The normalized spacial score (nSPS) is 14.4. The molecule has 43 heavy (non-hydrogen) atoms. The number of aliphatic hydroxyl groups excluding tert-OH is 3. The molecule has 3 atom stereocenters. The maximum Gasteiger partial charge on any atom is 0.306 e. The van der Waals surface area contributed by atoms with Gasteiger partial charge in [0.15, 0.2) is 6.10 Å². The van der Waals surface area contributed by atoms with Crippen molar-refractivity contribution in [3.05, 3.63) is 48.6 Å². The zero-order chi connectivity index (χ0) is 32.0. The van der Waals surface area contributed by atoms with Crippen LogP contribution in [0.3, 0.4) is 0 Å². The van der Waals surface area contributed by atoms with Crippen LogP contribution in [-0.4, -0.2) is 58.8 Å². The van der Waals surface area contributed by atoms with Crippen molar-refractivity contribution >= 4 is 11.9 Å². The minimum atomic E-state index is -0.884. The topological polar surface area (TPSA) is 113 Å². The van der Waals surface area contributed by atoms with Gasteiger partial charge in [0.05, 0.1) is 18.8 Å². The van der Waals surface area contributed by atoms with Crippen LogP contribution in [0.5, 0.6) is 0 Å². The van der Waals surface area contributed by atoms with Crippen molar-refractivity contribution in [3.63, 3.8) is 0 Å². The third-order valence-corrected chi connectivity index (χ3v) is 6.99. The molecule has 0 aromatic carbocycles. The lowest BCUT2D eigenvalue weighted by Gasteiger charge is -2.16. The summed E-state index contributed by atoms with van der Waals surface area (Å²) in [5.74, 6) is -0.0689. The fourth-order valence-electron chi connectivity index (χ4n) is 4.34. The molecule has 0 rings (SSSR count). The first-order valence-electron chi connectivity index (χ1n) is 16.8. The van der Waals surface area contributed by atoms with Crippen LogP contribution >= 0.6 is 0 Å². The van der Waals surface area contributed by atoms with E-state index < -0.39 is 30.9 Å². The van der Waals surface area contributed by atoms with E-state index in [-0.39, 0.29) is 19.0 Å².